The van der Waals surface area contributed by atoms with E-state index in [0.29, 0.717) is 28.9 Å². The molecule has 0 fully saturated rings. The number of nitriles is 1. The summed E-state index contributed by atoms with van der Waals surface area (Å²) in [6.45, 7) is 11.8. The second-order valence-electron chi connectivity index (χ2n) is 7.99. The molecule has 0 saturated carbocycles. The number of hydrogen-bond acceptors (Lipinski definition) is 5. The Morgan fingerprint density at radius 1 is 1.10 bits per heavy atom. The number of anilines is 3. The molecule has 1 aliphatic rings. The van der Waals surface area contributed by atoms with Gasteiger partial charge in [0.25, 0.3) is 0 Å². The number of nitrogens with zero attached hydrogens (tertiary/aromatic N) is 5. The molecule has 2 aromatic rings. The quantitative estimate of drug-likeness (QED) is 0.503. The maximum Gasteiger partial charge on any atom is 0.229 e. The van der Waals surface area contributed by atoms with E-state index in [9.17, 15) is 0 Å². The van der Waals surface area contributed by atoms with E-state index in [-0.39, 0.29) is 11.5 Å². The average molecular weight is 419 g/mol. The maximum absolute atomic E-state index is 8.91. The number of fused-ring (bicyclic) bond motifs is 1. The summed E-state index contributed by atoms with van der Waals surface area (Å²) in [6, 6.07) is 12.6. The van der Waals surface area contributed by atoms with Gasteiger partial charge >= 0.3 is 0 Å². The molecule has 0 bridgehead atoms. The van der Waals surface area contributed by atoms with Crippen LogP contribution in [0.2, 0.25) is 0 Å². The Bertz CT molecular complexity index is 1080. The van der Waals surface area contributed by atoms with Gasteiger partial charge in [-0.25, -0.2) is 9.98 Å². The minimum atomic E-state index is -0.390. The maximum atomic E-state index is 8.91. The summed E-state index contributed by atoms with van der Waals surface area (Å²) >= 11 is 0. The minimum absolute atomic E-state index is 0.250. The van der Waals surface area contributed by atoms with E-state index >= 15 is 0 Å². The number of rotatable bonds is 2. The fraction of sp³-hybridized carbons (Fsp3) is 0.318. The molecule has 0 radical (unpaired) electrons. The Labute approximate surface area is 182 Å². The average Bonchev–Trinajstić information content (AvgIpc) is 2.73. The topological polar surface area (TPSA) is 119 Å². The van der Waals surface area contributed by atoms with Gasteiger partial charge in [-0.1, -0.05) is 0 Å². The van der Waals surface area contributed by atoms with Crippen LogP contribution in [0.15, 0.2) is 51.4 Å². The Morgan fingerprint density at radius 2 is 1.81 bits per heavy atom. The van der Waals surface area contributed by atoms with E-state index in [2.05, 4.69) is 62.5 Å². The van der Waals surface area contributed by atoms with Gasteiger partial charge < -0.3 is 20.7 Å². The molecule has 1 aliphatic heterocycles. The van der Waals surface area contributed by atoms with Gasteiger partial charge in [0, 0.05) is 12.7 Å². The second kappa shape index (κ2) is 8.44. The van der Waals surface area contributed by atoms with Gasteiger partial charge in [0.2, 0.25) is 11.9 Å². The molecule has 31 heavy (non-hydrogen) atoms. The van der Waals surface area contributed by atoms with Gasteiger partial charge in [0.05, 0.1) is 17.2 Å². The van der Waals surface area contributed by atoms with Crippen molar-refractivity contribution in [3.63, 3.8) is 0 Å². The van der Waals surface area contributed by atoms with Crippen molar-refractivity contribution in [1.82, 2.24) is 4.98 Å². The Balaban J connectivity index is 1.77. The highest BCUT2D eigenvalue weighted by molar-refractivity contribution is 6.07. The van der Waals surface area contributed by atoms with Crippen LogP contribution < -0.4 is 20.7 Å². The van der Waals surface area contributed by atoms with Gasteiger partial charge in [0.15, 0.2) is 11.6 Å². The molecule has 3 rings (SSSR count). The van der Waals surface area contributed by atoms with E-state index in [1.807, 2.05) is 19.9 Å². The highest BCUT2D eigenvalue weighted by Crippen LogP contribution is 2.40. The monoisotopic (exact) mass is 418 g/mol. The van der Waals surface area contributed by atoms with Crippen LogP contribution in [0.3, 0.4) is 0 Å². The molecule has 0 atom stereocenters. The van der Waals surface area contributed by atoms with Gasteiger partial charge in [-0.15, -0.1) is 0 Å². The van der Waals surface area contributed by atoms with Crippen molar-refractivity contribution in [3.8, 4) is 11.8 Å². The lowest BCUT2D eigenvalue weighted by Gasteiger charge is -2.46. The smallest absolute Gasteiger partial charge is 0.229 e. The van der Waals surface area contributed by atoms with Gasteiger partial charge in [-0.2, -0.15) is 10.3 Å². The third-order valence-electron chi connectivity index (χ3n) is 5.24. The first-order valence-electron chi connectivity index (χ1n) is 9.72. The normalized spacial score (nSPS) is 16.8. The molecule has 160 valence electrons. The van der Waals surface area contributed by atoms with Crippen LogP contribution in [0.25, 0.3) is 0 Å². The third kappa shape index (κ3) is 4.80. The van der Waals surface area contributed by atoms with Crippen LogP contribution in [0.4, 0.5) is 17.3 Å². The summed E-state index contributed by atoms with van der Waals surface area (Å²) in [5.41, 5.74) is 0.587. The molecule has 0 unspecified atom stereocenters. The zero-order chi connectivity index (χ0) is 22.6. The summed E-state index contributed by atoms with van der Waals surface area (Å²) in [4.78, 5) is 17.0. The van der Waals surface area contributed by atoms with Crippen LogP contribution >= 0.6 is 0 Å². The summed E-state index contributed by atoms with van der Waals surface area (Å²) in [5.74, 6) is 2.43. The number of guanidine groups is 2. The molecule has 0 spiro atoms. The molecule has 1 aromatic heterocycles. The standard InChI is InChI=1S/C22H26N8O/c1-21(2)22(3,4)31-16-11-12-17(27-18(16)30-21)28-20(25-6)29-19(24-5)26-15-9-7-14(13-23)8-10-15/h7-12H,5H2,1-4,6H3,(H3,25,26,27,28,29,30). The lowest BCUT2D eigenvalue weighted by atomic mass is 9.84. The molecule has 0 aliphatic carbocycles. The number of ether oxygens (including phenoxy) is 1. The molecular formula is C22H26N8O. The first-order valence-corrected chi connectivity index (χ1v) is 9.72. The molecular weight excluding hydrogens is 392 g/mol. The fourth-order valence-electron chi connectivity index (χ4n) is 2.75. The summed E-state index contributed by atoms with van der Waals surface area (Å²) in [5, 5.41) is 18.5. The van der Waals surface area contributed by atoms with E-state index in [1.165, 1.54) is 0 Å². The molecule has 1 aromatic carbocycles. The molecule has 0 amide bonds. The van der Waals surface area contributed by atoms with Crippen LogP contribution in [-0.4, -0.2) is 41.8 Å². The van der Waals surface area contributed by atoms with Crippen molar-refractivity contribution < 1.29 is 4.74 Å². The van der Waals surface area contributed by atoms with Crippen molar-refractivity contribution >= 4 is 36.0 Å². The summed E-state index contributed by atoms with van der Waals surface area (Å²) in [7, 11) is 1.61. The third-order valence-corrected chi connectivity index (χ3v) is 5.24. The summed E-state index contributed by atoms with van der Waals surface area (Å²) in [6.07, 6.45) is 0. The first kappa shape index (κ1) is 21.8. The zero-order valence-corrected chi connectivity index (χ0v) is 18.3. The lowest BCUT2D eigenvalue weighted by Crippen LogP contribution is -2.57. The molecule has 0 saturated heterocycles. The second-order valence-corrected chi connectivity index (χ2v) is 7.99. The molecule has 2 heterocycles. The number of aromatic nitrogens is 1. The van der Waals surface area contributed by atoms with E-state index in [1.54, 1.807) is 37.4 Å². The molecule has 9 nitrogen and oxygen atoms in total. The largest absolute Gasteiger partial charge is 0.482 e. The van der Waals surface area contributed by atoms with Crippen LogP contribution in [-0.2, 0) is 0 Å². The number of hydrogen-bond donors (Lipinski definition) is 3. The Hall–Kier alpha value is -3.93. The predicted octanol–water partition coefficient (Wildman–Crippen LogP) is 3.88. The molecule has 9 heteroatoms. The van der Waals surface area contributed by atoms with Crippen molar-refractivity contribution in [2.75, 3.05) is 23.0 Å². The molecule has 3 N–H and O–H groups in total. The fourth-order valence-corrected chi connectivity index (χ4v) is 2.75. The SMILES string of the molecule is C=NC(=NC(=NC)Nc1ccc2c(n1)NC(C)(C)C(C)(C)O2)Nc1ccc(C#N)cc1. The number of benzene rings is 1. The van der Waals surface area contributed by atoms with E-state index in [4.69, 9.17) is 10.00 Å². The highest BCUT2D eigenvalue weighted by Gasteiger charge is 2.43. The van der Waals surface area contributed by atoms with Crippen molar-refractivity contribution in [2.24, 2.45) is 15.0 Å². The number of pyridine rings is 1. The van der Waals surface area contributed by atoms with Crippen LogP contribution in [0.1, 0.15) is 33.3 Å². The van der Waals surface area contributed by atoms with E-state index in [0.717, 1.165) is 5.69 Å². The Kier molecular flexibility index (Phi) is 5.92. The Morgan fingerprint density at radius 3 is 2.42 bits per heavy atom. The lowest BCUT2D eigenvalue weighted by molar-refractivity contribution is 0.0400. The number of nitrogens with one attached hydrogen (secondary N) is 3. The highest BCUT2D eigenvalue weighted by atomic mass is 16.5. The zero-order valence-electron chi connectivity index (χ0n) is 18.3. The van der Waals surface area contributed by atoms with Crippen LogP contribution in [0, 0.1) is 11.3 Å². The van der Waals surface area contributed by atoms with Gasteiger partial charge in [-0.3, -0.25) is 4.99 Å². The van der Waals surface area contributed by atoms with E-state index < -0.39 is 5.60 Å². The van der Waals surface area contributed by atoms with Gasteiger partial charge in [-0.05, 0) is 70.8 Å². The van der Waals surface area contributed by atoms with Crippen LogP contribution in [0.5, 0.6) is 5.75 Å². The first-order chi connectivity index (χ1) is 14.7. The predicted molar refractivity (Wildman–Crippen MR) is 125 cm³/mol. The minimum Gasteiger partial charge on any atom is -0.482 e. The van der Waals surface area contributed by atoms with Crippen molar-refractivity contribution in [3.05, 3.63) is 42.0 Å². The number of aliphatic imine (C=N–C) groups is 3. The van der Waals surface area contributed by atoms with Crippen molar-refractivity contribution in [1.29, 1.82) is 5.26 Å². The van der Waals surface area contributed by atoms with Gasteiger partial charge in [0.1, 0.15) is 11.4 Å². The summed E-state index contributed by atoms with van der Waals surface area (Å²) < 4.78 is 6.12. The van der Waals surface area contributed by atoms with Crippen molar-refractivity contribution in [2.45, 2.75) is 38.8 Å².